The molecule has 13 heteroatoms. The SMILES string of the molecule is COC(=O)c1cncc(N2CC(c3cc(C(=O)Nc4cc(C(C)(C)C)cc(NS(C)(=O)=O)c4OC)ccc3C)N=N2)c1. The van der Waals surface area contributed by atoms with E-state index in [0.717, 1.165) is 22.9 Å². The molecule has 0 spiro atoms. The predicted molar refractivity (Wildman–Crippen MR) is 160 cm³/mol. The first-order valence-corrected chi connectivity index (χ1v) is 14.9. The number of benzene rings is 2. The molecule has 1 aromatic heterocycles. The summed E-state index contributed by atoms with van der Waals surface area (Å²) in [5, 5.41) is 13.2. The number of pyridine rings is 1. The number of ether oxygens (including phenoxy) is 2. The summed E-state index contributed by atoms with van der Waals surface area (Å²) in [6.07, 6.45) is 4.05. The minimum Gasteiger partial charge on any atom is -0.492 e. The Morgan fingerprint density at radius 3 is 2.38 bits per heavy atom. The minimum atomic E-state index is -3.61. The van der Waals surface area contributed by atoms with Crippen molar-refractivity contribution in [2.75, 3.05) is 42.1 Å². The van der Waals surface area contributed by atoms with Gasteiger partial charge >= 0.3 is 5.97 Å². The van der Waals surface area contributed by atoms with E-state index in [0.29, 0.717) is 29.0 Å². The number of carbonyl (C=O) groups is 2. The number of sulfonamides is 1. The Kier molecular flexibility index (Phi) is 8.53. The van der Waals surface area contributed by atoms with Gasteiger partial charge in [-0.15, -0.1) is 0 Å². The van der Waals surface area contributed by atoms with Gasteiger partial charge in [-0.3, -0.25) is 14.5 Å². The number of hydrogen-bond donors (Lipinski definition) is 2. The topological polar surface area (TPSA) is 152 Å². The smallest absolute Gasteiger partial charge is 0.339 e. The monoisotopic (exact) mass is 594 g/mol. The van der Waals surface area contributed by atoms with Crippen LogP contribution in [0, 0.1) is 6.92 Å². The average molecular weight is 595 g/mol. The summed E-state index contributed by atoms with van der Waals surface area (Å²) >= 11 is 0. The number of hydrogen-bond acceptors (Lipinski definition) is 10. The number of methoxy groups -OCH3 is 2. The van der Waals surface area contributed by atoms with Crippen molar-refractivity contribution in [2.45, 2.75) is 39.2 Å². The Morgan fingerprint density at radius 1 is 1.02 bits per heavy atom. The first-order chi connectivity index (χ1) is 19.7. The molecule has 2 N–H and O–H groups in total. The van der Waals surface area contributed by atoms with Crippen LogP contribution in [0.3, 0.4) is 0 Å². The third-order valence-corrected chi connectivity index (χ3v) is 7.28. The van der Waals surface area contributed by atoms with Gasteiger partial charge in [-0.1, -0.05) is 32.1 Å². The van der Waals surface area contributed by atoms with Crippen molar-refractivity contribution in [2.24, 2.45) is 10.3 Å². The van der Waals surface area contributed by atoms with Crippen LogP contribution >= 0.6 is 0 Å². The highest BCUT2D eigenvalue weighted by Crippen LogP contribution is 2.39. The van der Waals surface area contributed by atoms with Gasteiger partial charge in [0.05, 0.1) is 55.8 Å². The van der Waals surface area contributed by atoms with Crippen molar-refractivity contribution >= 4 is 39.0 Å². The summed E-state index contributed by atoms with van der Waals surface area (Å²) in [4.78, 5) is 29.5. The van der Waals surface area contributed by atoms with E-state index in [1.807, 2.05) is 33.8 Å². The van der Waals surface area contributed by atoms with E-state index in [1.165, 1.54) is 20.4 Å². The zero-order valence-corrected chi connectivity index (χ0v) is 25.4. The predicted octanol–water partition coefficient (Wildman–Crippen LogP) is 5.04. The normalized spacial score (nSPS) is 14.9. The molecule has 0 aliphatic carbocycles. The van der Waals surface area contributed by atoms with Gasteiger partial charge in [-0.2, -0.15) is 5.11 Å². The van der Waals surface area contributed by atoms with Crippen molar-refractivity contribution in [3.05, 3.63) is 76.6 Å². The van der Waals surface area contributed by atoms with Gasteiger partial charge < -0.3 is 14.8 Å². The van der Waals surface area contributed by atoms with Gasteiger partial charge in [0.15, 0.2) is 5.75 Å². The van der Waals surface area contributed by atoms with E-state index in [-0.39, 0.29) is 22.9 Å². The first-order valence-electron chi connectivity index (χ1n) is 13.0. The second kappa shape index (κ2) is 11.8. The quantitative estimate of drug-likeness (QED) is 0.344. The van der Waals surface area contributed by atoms with E-state index in [2.05, 4.69) is 25.4 Å². The van der Waals surface area contributed by atoms with E-state index >= 15 is 0 Å². The molecule has 0 saturated carbocycles. The van der Waals surface area contributed by atoms with E-state index < -0.39 is 21.9 Å². The lowest BCUT2D eigenvalue weighted by Gasteiger charge is -2.24. The molecule has 42 heavy (non-hydrogen) atoms. The van der Waals surface area contributed by atoms with Crippen molar-refractivity contribution in [3.63, 3.8) is 0 Å². The number of carbonyl (C=O) groups excluding carboxylic acids is 2. The molecule has 12 nitrogen and oxygen atoms in total. The Morgan fingerprint density at radius 2 is 1.74 bits per heavy atom. The Bertz CT molecular complexity index is 1670. The van der Waals surface area contributed by atoms with Crippen LogP contribution in [0.4, 0.5) is 17.1 Å². The summed E-state index contributed by atoms with van der Waals surface area (Å²) in [7, 11) is -0.905. The number of aryl methyl sites for hydroxylation is 1. The van der Waals surface area contributed by atoms with Crippen LogP contribution in [-0.4, -0.2) is 52.3 Å². The van der Waals surface area contributed by atoms with Crippen LogP contribution < -0.4 is 19.8 Å². The third-order valence-electron chi connectivity index (χ3n) is 6.69. The molecule has 0 bridgehead atoms. The van der Waals surface area contributed by atoms with Gasteiger partial charge in [0.25, 0.3) is 5.91 Å². The van der Waals surface area contributed by atoms with Crippen molar-refractivity contribution < 1.29 is 27.5 Å². The third kappa shape index (κ3) is 6.85. The maximum absolute atomic E-state index is 13.5. The maximum Gasteiger partial charge on any atom is 0.339 e. The molecule has 1 unspecified atom stereocenters. The zero-order chi connectivity index (χ0) is 30.8. The fourth-order valence-corrected chi connectivity index (χ4v) is 5.01. The highest BCUT2D eigenvalue weighted by molar-refractivity contribution is 7.92. The number of aromatic nitrogens is 1. The largest absolute Gasteiger partial charge is 0.492 e. The Balaban J connectivity index is 1.61. The van der Waals surface area contributed by atoms with Crippen molar-refractivity contribution in [1.82, 2.24) is 4.98 Å². The van der Waals surface area contributed by atoms with Gasteiger partial charge in [-0.25, -0.2) is 18.2 Å². The molecular formula is C29H34N6O6S. The van der Waals surface area contributed by atoms with E-state index in [1.54, 1.807) is 41.5 Å². The summed E-state index contributed by atoms with van der Waals surface area (Å²) in [5.74, 6) is -0.722. The highest BCUT2D eigenvalue weighted by atomic mass is 32.2. The molecule has 0 saturated heterocycles. The highest BCUT2D eigenvalue weighted by Gasteiger charge is 2.26. The second-order valence-electron chi connectivity index (χ2n) is 11.0. The molecule has 1 amide bonds. The van der Waals surface area contributed by atoms with Crippen LogP contribution in [0.25, 0.3) is 0 Å². The van der Waals surface area contributed by atoms with Crippen molar-refractivity contribution in [1.29, 1.82) is 0 Å². The average Bonchev–Trinajstić information content (AvgIpc) is 3.41. The molecule has 0 fully saturated rings. The lowest BCUT2D eigenvalue weighted by Crippen LogP contribution is -2.19. The fourth-order valence-electron chi connectivity index (χ4n) is 4.46. The number of amides is 1. The summed E-state index contributed by atoms with van der Waals surface area (Å²) in [6, 6.07) is 10.0. The molecule has 3 aromatic rings. The van der Waals surface area contributed by atoms with Gasteiger partial charge in [-0.05, 0) is 59.4 Å². The van der Waals surface area contributed by atoms with Crippen LogP contribution in [0.2, 0.25) is 0 Å². The molecule has 2 aromatic carbocycles. The van der Waals surface area contributed by atoms with Gasteiger partial charge in [0.2, 0.25) is 10.0 Å². The van der Waals surface area contributed by atoms with Gasteiger partial charge in [0.1, 0.15) is 6.04 Å². The molecule has 1 aliphatic heterocycles. The van der Waals surface area contributed by atoms with E-state index in [4.69, 9.17) is 9.47 Å². The Labute approximate surface area is 245 Å². The number of nitrogens with zero attached hydrogens (tertiary/aromatic N) is 4. The zero-order valence-electron chi connectivity index (χ0n) is 24.5. The first kappa shape index (κ1) is 30.4. The number of esters is 1. The maximum atomic E-state index is 13.5. The molecule has 1 atom stereocenters. The lowest BCUT2D eigenvalue weighted by molar-refractivity contribution is 0.0600. The second-order valence-corrected chi connectivity index (χ2v) is 12.7. The number of rotatable bonds is 8. The lowest BCUT2D eigenvalue weighted by atomic mass is 9.86. The van der Waals surface area contributed by atoms with Crippen LogP contribution in [0.1, 0.15) is 64.2 Å². The molecule has 1 aliphatic rings. The summed E-state index contributed by atoms with van der Waals surface area (Å²) in [6.45, 7) is 8.25. The van der Waals surface area contributed by atoms with Crippen LogP contribution in [0.5, 0.6) is 5.75 Å². The minimum absolute atomic E-state index is 0.192. The van der Waals surface area contributed by atoms with Gasteiger partial charge in [0, 0.05) is 11.8 Å². The molecule has 222 valence electrons. The molecule has 4 rings (SSSR count). The fraction of sp³-hybridized carbons (Fsp3) is 0.345. The van der Waals surface area contributed by atoms with Crippen LogP contribution in [0.15, 0.2) is 59.1 Å². The van der Waals surface area contributed by atoms with Crippen molar-refractivity contribution in [3.8, 4) is 5.75 Å². The van der Waals surface area contributed by atoms with Crippen LogP contribution in [-0.2, 0) is 20.2 Å². The molecule has 2 heterocycles. The summed E-state index contributed by atoms with van der Waals surface area (Å²) in [5.41, 5.74) is 3.99. The summed E-state index contributed by atoms with van der Waals surface area (Å²) < 4.78 is 36.9. The number of anilines is 3. The van der Waals surface area contributed by atoms with E-state index in [9.17, 15) is 18.0 Å². The molecule has 0 radical (unpaired) electrons. The standard InChI is InChI=1S/C29H34N6O6S/c1-17-8-9-18(11-22(17)25-16-35(34-32-25)21-10-19(14-30-15-21)28(37)41-6)27(36)31-23-12-20(29(2,3)4)13-24(26(23)40-5)33-42(7,38)39/h8-15,25,33H,16H2,1-7H3,(H,31,36). The molecular weight excluding hydrogens is 560 g/mol. The Hall–Kier alpha value is -4.52. The number of nitrogens with one attached hydrogen (secondary N) is 2.